The molecule has 4 heterocycles. The van der Waals surface area contributed by atoms with Crippen molar-refractivity contribution >= 4 is 22.2 Å². The highest BCUT2D eigenvalue weighted by atomic mass is 16.7. The summed E-state index contributed by atoms with van der Waals surface area (Å²) in [5.74, 6) is 0.795. The van der Waals surface area contributed by atoms with E-state index in [1.807, 2.05) is 18.2 Å². The fourth-order valence-corrected chi connectivity index (χ4v) is 4.91. The number of hydrogen-bond donors (Lipinski definition) is 2. The number of H-pyrrole nitrogens is 1. The van der Waals surface area contributed by atoms with E-state index in [1.165, 1.54) is 34.9 Å². The Kier molecular flexibility index (Phi) is 3.98. The molecule has 2 aromatic carbocycles. The molecule has 0 spiro atoms. The standard InChI is InChI=1S/C25H24N2O2/c1-2-6-16(7-3-1)12-23-28-15-22(29-23)25-24(20-8-4-5-9-21(20)27-25)17-13-18-10-11-19(14-17)26-18/h1-9,13,15,18-19,23,26-27H,10-12,14H2. The molecule has 0 aliphatic carbocycles. The van der Waals surface area contributed by atoms with Crippen molar-refractivity contribution < 1.29 is 9.47 Å². The SMILES string of the molecule is C1=C(c2[nH]c3ccccc3c2C2=CC3CCC(C2)N3)OC(Cc2ccccc2)O1. The average molecular weight is 384 g/mol. The van der Waals surface area contributed by atoms with E-state index in [-0.39, 0.29) is 6.29 Å². The third-order valence-electron chi connectivity index (χ3n) is 6.25. The predicted molar refractivity (Wildman–Crippen MR) is 115 cm³/mol. The zero-order valence-corrected chi connectivity index (χ0v) is 16.2. The first-order valence-corrected chi connectivity index (χ1v) is 10.5. The summed E-state index contributed by atoms with van der Waals surface area (Å²) < 4.78 is 12.1. The van der Waals surface area contributed by atoms with Crippen LogP contribution in [0.2, 0.25) is 0 Å². The molecular weight excluding hydrogens is 360 g/mol. The molecule has 3 atom stereocenters. The molecule has 3 aliphatic heterocycles. The third-order valence-corrected chi connectivity index (χ3v) is 6.25. The van der Waals surface area contributed by atoms with Crippen molar-refractivity contribution in [2.75, 3.05) is 0 Å². The molecule has 3 unspecified atom stereocenters. The van der Waals surface area contributed by atoms with Gasteiger partial charge in [0.2, 0.25) is 6.29 Å². The van der Waals surface area contributed by atoms with E-state index in [1.54, 1.807) is 6.26 Å². The lowest BCUT2D eigenvalue weighted by atomic mass is 9.93. The molecule has 1 fully saturated rings. The van der Waals surface area contributed by atoms with Gasteiger partial charge in [0.1, 0.15) is 6.26 Å². The Morgan fingerprint density at radius 1 is 0.966 bits per heavy atom. The molecule has 3 aliphatic rings. The Hall–Kier alpha value is -2.98. The lowest BCUT2D eigenvalue weighted by Crippen LogP contribution is -2.32. The quantitative estimate of drug-likeness (QED) is 0.666. The average Bonchev–Trinajstić information content (AvgIpc) is 3.45. The maximum absolute atomic E-state index is 6.25. The molecule has 0 radical (unpaired) electrons. The summed E-state index contributed by atoms with van der Waals surface area (Å²) in [5, 5.41) is 4.95. The minimum atomic E-state index is -0.287. The molecule has 0 amide bonds. The number of aromatic nitrogens is 1. The number of nitrogens with one attached hydrogen (secondary N) is 2. The van der Waals surface area contributed by atoms with Crippen molar-refractivity contribution in [3.05, 3.63) is 83.8 Å². The second kappa shape index (κ2) is 6.82. The fraction of sp³-hybridized carbons (Fsp3) is 0.280. The molecule has 6 rings (SSSR count). The van der Waals surface area contributed by atoms with E-state index >= 15 is 0 Å². The molecule has 4 nitrogen and oxygen atoms in total. The number of rotatable bonds is 4. The van der Waals surface area contributed by atoms with Crippen molar-refractivity contribution in [3.8, 4) is 0 Å². The highest BCUT2D eigenvalue weighted by Gasteiger charge is 2.32. The molecule has 3 aromatic rings. The van der Waals surface area contributed by atoms with Crippen LogP contribution >= 0.6 is 0 Å². The first kappa shape index (κ1) is 16.9. The van der Waals surface area contributed by atoms with Crippen molar-refractivity contribution in [3.63, 3.8) is 0 Å². The van der Waals surface area contributed by atoms with Gasteiger partial charge in [-0.1, -0.05) is 54.6 Å². The molecule has 1 aromatic heterocycles. The molecule has 146 valence electrons. The van der Waals surface area contributed by atoms with Crippen molar-refractivity contribution in [2.24, 2.45) is 0 Å². The topological polar surface area (TPSA) is 46.3 Å². The molecular formula is C25H24N2O2. The van der Waals surface area contributed by atoms with Gasteiger partial charge in [0.15, 0.2) is 5.76 Å². The van der Waals surface area contributed by atoms with E-state index in [4.69, 9.17) is 9.47 Å². The third kappa shape index (κ3) is 3.04. The molecule has 1 saturated heterocycles. The second-order valence-electron chi connectivity index (χ2n) is 8.22. The highest BCUT2D eigenvalue weighted by Crippen LogP contribution is 2.40. The number of benzene rings is 2. The summed E-state index contributed by atoms with van der Waals surface area (Å²) in [7, 11) is 0. The largest absolute Gasteiger partial charge is 0.458 e. The normalized spacial score (nSPS) is 25.4. The van der Waals surface area contributed by atoms with Crippen molar-refractivity contribution in [1.29, 1.82) is 0 Å². The van der Waals surface area contributed by atoms with E-state index in [9.17, 15) is 0 Å². The Bertz CT molecular complexity index is 1110. The fourth-order valence-electron chi connectivity index (χ4n) is 4.91. The van der Waals surface area contributed by atoms with Gasteiger partial charge in [0, 0.05) is 35.0 Å². The Labute approximate surface area is 170 Å². The van der Waals surface area contributed by atoms with Crippen molar-refractivity contribution in [2.45, 2.75) is 44.1 Å². The summed E-state index contributed by atoms with van der Waals surface area (Å²) in [5.41, 5.74) is 6.07. The molecule has 0 saturated carbocycles. The molecule has 4 heteroatoms. The van der Waals surface area contributed by atoms with E-state index in [0.29, 0.717) is 12.1 Å². The minimum Gasteiger partial charge on any atom is -0.458 e. The first-order valence-electron chi connectivity index (χ1n) is 10.5. The molecule has 2 N–H and O–H groups in total. The van der Waals surface area contributed by atoms with Crippen LogP contribution in [0.5, 0.6) is 0 Å². The number of hydrogen-bond acceptors (Lipinski definition) is 3. The maximum atomic E-state index is 6.25. The number of fused-ring (bicyclic) bond motifs is 3. The van der Waals surface area contributed by atoms with Gasteiger partial charge in [-0.15, -0.1) is 0 Å². The van der Waals surface area contributed by atoms with Crippen LogP contribution in [0.15, 0.2) is 66.9 Å². The summed E-state index contributed by atoms with van der Waals surface area (Å²) in [4.78, 5) is 3.60. The summed E-state index contributed by atoms with van der Waals surface area (Å²) >= 11 is 0. The lowest BCUT2D eigenvalue weighted by Gasteiger charge is -2.22. The van der Waals surface area contributed by atoms with Gasteiger partial charge in [-0.05, 0) is 36.5 Å². The first-order chi connectivity index (χ1) is 14.3. The smallest absolute Gasteiger partial charge is 0.244 e. The summed E-state index contributed by atoms with van der Waals surface area (Å²) in [6, 6.07) is 19.9. The van der Waals surface area contributed by atoms with Crippen LogP contribution < -0.4 is 5.32 Å². The van der Waals surface area contributed by atoms with Gasteiger partial charge in [0.05, 0.1) is 5.69 Å². The van der Waals surface area contributed by atoms with Gasteiger partial charge in [-0.3, -0.25) is 0 Å². The van der Waals surface area contributed by atoms with Gasteiger partial charge in [-0.25, -0.2) is 0 Å². The summed E-state index contributed by atoms with van der Waals surface area (Å²) in [6.45, 7) is 0. The Balaban J connectivity index is 1.35. The zero-order valence-electron chi connectivity index (χ0n) is 16.2. The van der Waals surface area contributed by atoms with Crippen LogP contribution in [0, 0.1) is 0 Å². The van der Waals surface area contributed by atoms with Gasteiger partial charge in [0.25, 0.3) is 0 Å². The van der Waals surface area contributed by atoms with Crippen molar-refractivity contribution in [1.82, 2.24) is 10.3 Å². The van der Waals surface area contributed by atoms with Crippen LogP contribution in [0.25, 0.3) is 22.2 Å². The van der Waals surface area contributed by atoms with Gasteiger partial charge < -0.3 is 19.8 Å². The van der Waals surface area contributed by atoms with E-state index in [2.05, 4.69) is 52.8 Å². The highest BCUT2D eigenvalue weighted by molar-refractivity contribution is 5.98. The zero-order chi connectivity index (χ0) is 19.2. The number of para-hydroxylation sites is 1. The lowest BCUT2D eigenvalue weighted by molar-refractivity contribution is -0.0137. The second-order valence-corrected chi connectivity index (χ2v) is 8.22. The van der Waals surface area contributed by atoms with Gasteiger partial charge in [-0.2, -0.15) is 0 Å². The Morgan fingerprint density at radius 2 is 1.83 bits per heavy atom. The molecule has 2 bridgehead atoms. The van der Waals surface area contributed by atoms with E-state index < -0.39 is 0 Å². The Morgan fingerprint density at radius 3 is 2.72 bits per heavy atom. The summed E-state index contributed by atoms with van der Waals surface area (Å²) in [6.07, 6.45) is 8.18. The van der Waals surface area contributed by atoms with Crippen LogP contribution in [0.4, 0.5) is 0 Å². The maximum Gasteiger partial charge on any atom is 0.244 e. The van der Waals surface area contributed by atoms with Crippen LogP contribution in [-0.2, 0) is 15.9 Å². The van der Waals surface area contributed by atoms with Crippen LogP contribution in [0.3, 0.4) is 0 Å². The van der Waals surface area contributed by atoms with Crippen LogP contribution in [0.1, 0.15) is 36.1 Å². The van der Waals surface area contributed by atoms with Crippen LogP contribution in [-0.4, -0.2) is 23.4 Å². The number of ether oxygens (including phenoxy) is 2. The number of aromatic amines is 1. The molecule has 29 heavy (non-hydrogen) atoms. The monoisotopic (exact) mass is 384 g/mol. The van der Waals surface area contributed by atoms with Gasteiger partial charge >= 0.3 is 0 Å². The van der Waals surface area contributed by atoms with E-state index in [0.717, 1.165) is 29.8 Å². The minimum absolute atomic E-state index is 0.287. The predicted octanol–water partition coefficient (Wildman–Crippen LogP) is 4.99.